The minimum Gasteiger partial charge on any atom is -0.497 e. The molecule has 2 aromatic rings. The molecule has 0 aromatic heterocycles. The molecule has 1 amide bonds. The second-order valence-corrected chi connectivity index (χ2v) is 10.5. The second kappa shape index (κ2) is 10.6. The van der Waals surface area contributed by atoms with E-state index in [0.717, 1.165) is 73.7 Å². The fraction of sp³-hybridized carbons (Fsp3) is 0.481. The first-order chi connectivity index (χ1) is 17.1. The number of hydrogen-bond acceptors (Lipinski definition) is 7. The van der Waals surface area contributed by atoms with Gasteiger partial charge in [-0.15, -0.1) is 0 Å². The maximum absolute atomic E-state index is 12.9. The molecular formula is C27H33N3O4S. The summed E-state index contributed by atoms with van der Waals surface area (Å²) in [6, 6.07) is 15.4. The van der Waals surface area contributed by atoms with Crippen molar-refractivity contribution in [3.05, 3.63) is 59.7 Å². The van der Waals surface area contributed by atoms with Gasteiger partial charge in [-0.25, -0.2) is 0 Å². The lowest BCUT2D eigenvalue weighted by Gasteiger charge is -2.43. The number of nitrogens with zero attached hydrogens (tertiary/aromatic N) is 2. The fourth-order valence-electron chi connectivity index (χ4n) is 5.66. The molecule has 2 saturated heterocycles. The summed E-state index contributed by atoms with van der Waals surface area (Å²) in [5.74, 6) is 3.34. The molecule has 0 aliphatic carbocycles. The molecule has 5 rings (SSSR count). The number of amides is 1. The minimum atomic E-state index is -0.214. The average molecular weight is 496 g/mol. The van der Waals surface area contributed by atoms with Gasteiger partial charge in [0.2, 0.25) is 0 Å². The van der Waals surface area contributed by atoms with Gasteiger partial charge in [-0.3, -0.25) is 14.7 Å². The van der Waals surface area contributed by atoms with Crippen LogP contribution in [0.5, 0.6) is 11.5 Å². The molecule has 1 N–H and O–H groups in total. The van der Waals surface area contributed by atoms with Crippen molar-refractivity contribution in [1.29, 1.82) is 0 Å². The highest BCUT2D eigenvalue weighted by Gasteiger charge is 2.53. The van der Waals surface area contributed by atoms with E-state index in [2.05, 4.69) is 16.3 Å². The zero-order valence-electron chi connectivity index (χ0n) is 20.4. The Morgan fingerprint density at radius 1 is 1.14 bits per heavy atom. The molecule has 0 unspecified atom stereocenters. The number of rotatable bonds is 6. The number of benzene rings is 2. The van der Waals surface area contributed by atoms with E-state index >= 15 is 0 Å². The average Bonchev–Trinajstić information content (AvgIpc) is 3.28. The van der Waals surface area contributed by atoms with Crippen LogP contribution in [0.2, 0.25) is 0 Å². The molecule has 2 fully saturated rings. The van der Waals surface area contributed by atoms with Gasteiger partial charge in [-0.2, -0.15) is 0 Å². The van der Waals surface area contributed by atoms with Crippen molar-refractivity contribution in [2.45, 2.75) is 24.9 Å². The molecule has 186 valence electrons. The van der Waals surface area contributed by atoms with Crippen molar-refractivity contribution in [3.8, 4) is 11.5 Å². The Bertz CT molecular complexity index is 1070. The summed E-state index contributed by atoms with van der Waals surface area (Å²) in [6.07, 6.45) is 2.01. The van der Waals surface area contributed by atoms with Crippen LogP contribution in [-0.4, -0.2) is 67.8 Å². The number of carbonyl (C=O) groups is 1. The predicted molar refractivity (Wildman–Crippen MR) is 138 cm³/mol. The Morgan fingerprint density at radius 3 is 2.69 bits per heavy atom. The summed E-state index contributed by atoms with van der Waals surface area (Å²) in [4.78, 5) is 20.7. The number of thioether (sulfide) groups is 1. The topological polar surface area (TPSA) is 72.4 Å². The second-order valence-electron chi connectivity index (χ2n) is 9.47. The normalized spacial score (nSPS) is 25.0. The van der Waals surface area contributed by atoms with Crippen molar-refractivity contribution in [2.75, 3.05) is 46.3 Å². The van der Waals surface area contributed by atoms with Crippen LogP contribution in [-0.2, 0) is 11.3 Å². The number of ether oxygens (including phenoxy) is 3. The zero-order valence-corrected chi connectivity index (χ0v) is 21.2. The van der Waals surface area contributed by atoms with Crippen LogP contribution < -0.4 is 14.8 Å². The van der Waals surface area contributed by atoms with Crippen LogP contribution in [0.3, 0.4) is 0 Å². The van der Waals surface area contributed by atoms with Gasteiger partial charge in [0.15, 0.2) is 5.17 Å². The maximum atomic E-state index is 12.9. The van der Waals surface area contributed by atoms with Gasteiger partial charge < -0.3 is 19.5 Å². The number of aliphatic imine (C=N–C) groups is 1. The lowest BCUT2D eigenvalue weighted by molar-refractivity contribution is 0.0330. The molecule has 0 bridgehead atoms. The van der Waals surface area contributed by atoms with E-state index in [4.69, 9.17) is 19.2 Å². The summed E-state index contributed by atoms with van der Waals surface area (Å²) in [5.41, 5.74) is 1.58. The first-order valence-electron chi connectivity index (χ1n) is 12.2. The number of carbonyl (C=O) groups excluding carboxylic acids is 1. The molecule has 35 heavy (non-hydrogen) atoms. The quantitative estimate of drug-likeness (QED) is 0.657. The molecule has 3 aliphatic rings. The molecular weight excluding hydrogens is 462 g/mol. The number of likely N-dealkylation sites (tertiary alicyclic amines) is 1. The zero-order chi connectivity index (χ0) is 24.3. The minimum absolute atomic E-state index is 0.102. The summed E-state index contributed by atoms with van der Waals surface area (Å²) in [7, 11) is 3.37. The van der Waals surface area contributed by atoms with E-state index in [9.17, 15) is 4.79 Å². The van der Waals surface area contributed by atoms with Crippen LogP contribution in [0.4, 0.5) is 0 Å². The number of nitrogens with one attached hydrogen (secondary N) is 1. The van der Waals surface area contributed by atoms with E-state index < -0.39 is 0 Å². The molecule has 3 heterocycles. The molecule has 2 aromatic carbocycles. The summed E-state index contributed by atoms with van der Waals surface area (Å²) < 4.78 is 16.7. The summed E-state index contributed by atoms with van der Waals surface area (Å²) in [5, 5.41) is 3.84. The van der Waals surface area contributed by atoms with Crippen molar-refractivity contribution >= 4 is 22.8 Å². The Labute approximate surface area is 211 Å². The standard InChI is InChI=1S/C27H33N3O4S/c1-32-23-9-8-20(24(14-23)33-2)15-30-16-22-17-35-26(28-25(31)19-6-4-3-5-7-19)29-27(22,18-30)21-10-12-34-13-11-21/h3-9,14,21-22H,10-13,15-18H2,1-2H3,(H,28,29,31)/t22-,27+/m0/s1. The van der Waals surface area contributed by atoms with E-state index in [1.54, 1.807) is 26.0 Å². The Morgan fingerprint density at radius 2 is 1.94 bits per heavy atom. The molecule has 0 radical (unpaired) electrons. The maximum Gasteiger partial charge on any atom is 0.257 e. The third-order valence-corrected chi connectivity index (χ3v) is 8.50. The van der Waals surface area contributed by atoms with Crippen LogP contribution in [0.25, 0.3) is 0 Å². The van der Waals surface area contributed by atoms with Gasteiger partial charge in [0.05, 0.1) is 19.8 Å². The van der Waals surface area contributed by atoms with Crippen LogP contribution in [0.15, 0.2) is 53.5 Å². The van der Waals surface area contributed by atoms with Crippen LogP contribution >= 0.6 is 11.8 Å². The number of methoxy groups -OCH3 is 2. The highest BCUT2D eigenvalue weighted by Crippen LogP contribution is 2.47. The van der Waals surface area contributed by atoms with Gasteiger partial charge in [-0.1, -0.05) is 36.0 Å². The number of fused-ring (bicyclic) bond motifs is 1. The van der Waals surface area contributed by atoms with E-state index in [1.165, 1.54) is 0 Å². The smallest absolute Gasteiger partial charge is 0.257 e. The highest BCUT2D eigenvalue weighted by molar-refractivity contribution is 8.13. The highest BCUT2D eigenvalue weighted by atomic mass is 32.2. The first kappa shape index (κ1) is 24.2. The largest absolute Gasteiger partial charge is 0.497 e. The SMILES string of the molecule is COc1ccc(CN2C[C@H]3CSC(NC(=O)c4ccccc4)=N[C@@]3(C3CCOCC3)C2)c(OC)c1. The number of hydrogen-bond donors (Lipinski definition) is 1. The van der Waals surface area contributed by atoms with E-state index in [-0.39, 0.29) is 11.4 Å². The van der Waals surface area contributed by atoms with Gasteiger partial charge in [-0.05, 0) is 37.0 Å². The first-order valence-corrected chi connectivity index (χ1v) is 13.2. The monoisotopic (exact) mass is 495 g/mol. The summed E-state index contributed by atoms with van der Waals surface area (Å²) >= 11 is 1.67. The Kier molecular flexibility index (Phi) is 7.32. The Hall–Kier alpha value is -2.55. The molecule has 0 spiro atoms. The lowest BCUT2D eigenvalue weighted by atomic mass is 9.73. The fourth-order valence-corrected chi connectivity index (χ4v) is 6.82. The van der Waals surface area contributed by atoms with Crippen molar-refractivity contribution in [3.63, 3.8) is 0 Å². The van der Waals surface area contributed by atoms with Gasteiger partial charge in [0.1, 0.15) is 11.5 Å². The van der Waals surface area contributed by atoms with Crippen molar-refractivity contribution < 1.29 is 19.0 Å². The lowest BCUT2D eigenvalue weighted by Crippen LogP contribution is -2.51. The summed E-state index contributed by atoms with van der Waals surface area (Å²) in [6.45, 7) is 4.19. The van der Waals surface area contributed by atoms with Crippen molar-refractivity contribution in [2.24, 2.45) is 16.8 Å². The molecule has 0 saturated carbocycles. The molecule has 8 heteroatoms. The molecule has 2 atom stereocenters. The van der Waals surface area contributed by atoms with E-state index in [0.29, 0.717) is 17.4 Å². The molecule has 7 nitrogen and oxygen atoms in total. The van der Waals surface area contributed by atoms with Gasteiger partial charge in [0.25, 0.3) is 5.91 Å². The van der Waals surface area contributed by atoms with Gasteiger partial charge in [0, 0.05) is 61.7 Å². The van der Waals surface area contributed by atoms with Crippen LogP contribution in [0.1, 0.15) is 28.8 Å². The van der Waals surface area contributed by atoms with E-state index in [1.807, 2.05) is 42.5 Å². The Balaban J connectivity index is 1.39. The van der Waals surface area contributed by atoms with Crippen molar-refractivity contribution in [1.82, 2.24) is 10.2 Å². The predicted octanol–water partition coefficient (Wildman–Crippen LogP) is 3.83. The number of amidine groups is 1. The third-order valence-electron chi connectivity index (χ3n) is 7.47. The molecule has 3 aliphatic heterocycles. The van der Waals surface area contributed by atoms with Crippen LogP contribution in [0, 0.1) is 11.8 Å². The van der Waals surface area contributed by atoms with Gasteiger partial charge >= 0.3 is 0 Å². The third kappa shape index (κ3) is 5.06.